The number of aromatic nitrogens is 1. The topological polar surface area (TPSA) is 65.6 Å². The number of ether oxygens (including phenoxy) is 1. The lowest BCUT2D eigenvalue weighted by molar-refractivity contribution is -0.141. The number of benzene rings is 2. The lowest BCUT2D eigenvalue weighted by Crippen LogP contribution is -2.44. The molecule has 0 unspecified atom stereocenters. The maximum absolute atomic E-state index is 13.5. The average molecular weight is 516 g/mol. The Balaban J connectivity index is 1.50. The number of para-hydroxylation sites is 1. The summed E-state index contributed by atoms with van der Waals surface area (Å²) in [6, 6.07) is 13.6. The Hall–Kier alpha value is -2.54. The molecule has 3 aromatic rings. The molecule has 1 heterocycles. The number of methoxy groups -OCH3 is 1. The molecule has 2 aromatic carbocycles. The van der Waals surface area contributed by atoms with E-state index in [0.29, 0.717) is 49.1 Å². The van der Waals surface area contributed by atoms with Crippen molar-refractivity contribution in [3.8, 4) is 0 Å². The maximum atomic E-state index is 13.5. The minimum Gasteiger partial charge on any atom is -0.385 e. The van der Waals surface area contributed by atoms with E-state index in [9.17, 15) is 9.59 Å². The zero-order valence-corrected chi connectivity index (χ0v) is 21.4. The number of nitrogens with one attached hydrogen (secondary N) is 1. The first-order chi connectivity index (χ1) is 17.0. The van der Waals surface area contributed by atoms with Gasteiger partial charge in [0.05, 0.1) is 16.6 Å². The third-order valence-corrected chi connectivity index (χ3v) is 7.12. The van der Waals surface area contributed by atoms with Crippen molar-refractivity contribution in [2.75, 3.05) is 33.4 Å². The van der Waals surface area contributed by atoms with Gasteiger partial charge in [-0.1, -0.05) is 47.5 Å². The van der Waals surface area contributed by atoms with E-state index in [4.69, 9.17) is 27.9 Å². The molecule has 1 aliphatic rings. The number of hydrogen-bond donors (Lipinski definition) is 1. The zero-order chi connectivity index (χ0) is 24.8. The molecule has 0 saturated heterocycles. The summed E-state index contributed by atoms with van der Waals surface area (Å²) in [5.74, 6) is 0.0444. The molecule has 2 amide bonds. The smallest absolute Gasteiger partial charge is 0.242 e. The second-order valence-corrected chi connectivity index (χ2v) is 9.87. The molecule has 186 valence electrons. The Kier molecular flexibility index (Phi) is 8.71. The first-order valence-corrected chi connectivity index (χ1v) is 12.8. The largest absolute Gasteiger partial charge is 0.385 e. The molecule has 1 aliphatic carbocycles. The number of hydrogen-bond acceptors (Lipinski definition) is 3. The minimum absolute atomic E-state index is 0.0556. The van der Waals surface area contributed by atoms with Crippen LogP contribution in [0, 0.1) is 5.92 Å². The number of nitrogens with zero attached hydrogens (tertiary/aromatic N) is 2. The molecule has 8 heteroatoms. The predicted octanol–water partition coefficient (Wildman–Crippen LogP) is 5.32. The van der Waals surface area contributed by atoms with Crippen LogP contribution in [0.3, 0.4) is 0 Å². The second kappa shape index (κ2) is 11.9. The number of carbonyl (C=O) groups is 2. The first kappa shape index (κ1) is 25.5. The molecule has 0 atom stereocenters. The van der Waals surface area contributed by atoms with Crippen LogP contribution in [0.5, 0.6) is 0 Å². The molecule has 0 radical (unpaired) electrons. The van der Waals surface area contributed by atoms with Crippen molar-refractivity contribution in [1.29, 1.82) is 0 Å². The van der Waals surface area contributed by atoms with Crippen LogP contribution < -0.4 is 0 Å². The Morgan fingerprint density at radius 1 is 1.06 bits per heavy atom. The maximum Gasteiger partial charge on any atom is 0.242 e. The molecular weight excluding hydrogens is 485 g/mol. The van der Waals surface area contributed by atoms with Gasteiger partial charge in [0, 0.05) is 56.4 Å². The van der Waals surface area contributed by atoms with Crippen LogP contribution in [-0.4, -0.2) is 59.9 Å². The number of H-pyrrole nitrogens is 1. The molecule has 1 fully saturated rings. The van der Waals surface area contributed by atoms with Crippen LogP contribution in [0.25, 0.3) is 10.9 Å². The lowest BCUT2D eigenvalue weighted by Gasteiger charge is -2.28. The summed E-state index contributed by atoms with van der Waals surface area (Å²) >= 11 is 12.3. The summed E-state index contributed by atoms with van der Waals surface area (Å²) in [6.45, 7) is 2.04. The van der Waals surface area contributed by atoms with E-state index < -0.39 is 0 Å². The Labute approximate surface area is 216 Å². The highest BCUT2D eigenvalue weighted by atomic mass is 35.5. The SMILES string of the molecule is COCCCN(CC(=O)N(CCc1c[nH]c2ccccc12)Cc1ccc(Cl)c(Cl)c1)C(=O)C1CC1. The van der Waals surface area contributed by atoms with Crippen LogP contribution >= 0.6 is 23.2 Å². The molecule has 0 aliphatic heterocycles. The van der Waals surface area contributed by atoms with Gasteiger partial charge in [0.1, 0.15) is 0 Å². The van der Waals surface area contributed by atoms with E-state index in [0.717, 1.165) is 34.9 Å². The molecule has 6 nitrogen and oxygen atoms in total. The van der Waals surface area contributed by atoms with Crippen molar-refractivity contribution in [3.05, 3.63) is 69.8 Å². The zero-order valence-electron chi connectivity index (χ0n) is 19.9. The quantitative estimate of drug-likeness (QED) is 0.332. The third-order valence-electron chi connectivity index (χ3n) is 6.38. The van der Waals surface area contributed by atoms with Gasteiger partial charge in [0.15, 0.2) is 0 Å². The molecule has 1 N–H and O–H groups in total. The predicted molar refractivity (Wildman–Crippen MR) is 140 cm³/mol. The Morgan fingerprint density at radius 2 is 1.86 bits per heavy atom. The van der Waals surface area contributed by atoms with Crippen molar-refractivity contribution in [3.63, 3.8) is 0 Å². The summed E-state index contributed by atoms with van der Waals surface area (Å²) in [7, 11) is 1.64. The van der Waals surface area contributed by atoms with E-state index in [2.05, 4.69) is 11.1 Å². The lowest BCUT2D eigenvalue weighted by atomic mass is 10.1. The van der Waals surface area contributed by atoms with Crippen molar-refractivity contribution < 1.29 is 14.3 Å². The van der Waals surface area contributed by atoms with Gasteiger partial charge in [-0.2, -0.15) is 0 Å². The molecule has 35 heavy (non-hydrogen) atoms. The van der Waals surface area contributed by atoms with Gasteiger partial charge in [0.25, 0.3) is 0 Å². The van der Waals surface area contributed by atoms with E-state index in [-0.39, 0.29) is 24.3 Å². The molecule has 1 saturated carbocycles. The van der Waals surface area contributed by atoms with Gasteiger partial charge < -0.3 is 19.5 Å². The summed E-state index contributed by atoms with van der Waals surface area (Å²) in [5, 5.41) is 2.09. The molecular formula is C27H31Cl2N3O3. The van der Waals surface area contributed by atoms with E-state index in [1.807, 2.05) is 35.4 Å². The van der Waals surface area contributed by atoms with E-state index in [1.165, 1.54) is 0 Å². The van der Waals surface area contributed by atoms with Crippen LogP contribution in [-0.2, 0) is 27.3 Å². The first-order valence-electron chi connectivity index (χ1n) is 12.0. The fourth-order valence-corrected chi connectivity index (χ4v) is 4.58. The minimum atomic E-state index is -0.0812. The number of rotatable bonds is 12. The average Bonchev–Trinajstić information content (AvgIpc) is 3.63. The van der Waals surface area contributed by atoms with Crippen LogP contribution in [0.15, 0.2) is 48.7 Å². The van der Waals surface area contributed by atoms with Crippen LogP contribution in [0.2, 0.25) is 10.0 Å². The molecule has 1 aromatic heterocycles. The number of amides is 2. The highest BCUT2D eigenvalue weighted by Crippen LogP contribution is 2.31. The molecule has 4 rings (SSSR count). The van der Waals surface area contributed by atoms with Gasteiger partial charge in [0.2, 0.25) is 11.8 Å². The number of aromatic amines is 1. The van der Waals surface area contributed by atoms with Crippen molar-refractivity contribution >= 4 is 45.9 Å². The number of halogens is 2. The van der Waals surface area contributed by atoms with Gasteiger partial charge in [-0.05, 0) is 55.0 Å². The van der Waals surface area contributed by atoms with Crippen molar-refractivity contribution in [2.24, 2.45) is 5.92 Å². The summed E-state index contributed by atoms with van der Waals surface area (Å²) < 4.78 is 5.16. The highest BCUT2D eigenvalue weighted by molar-refractivity contribution is 6.42. The fourth-order valence-electron chi connectivity index (χ4n) is 4.26. The van der Waals surface area contributed by atoms with Gasteiger partial charge in [-0.3, -0.25) is 9.59 Å². The Morgan fingerprint density at radius 3 is 2.60 bits per heavy atom. The summed E-state index contributed by atoms with van der Waals surface area (Å²) in [4.78, 5) is 33.2. The van der Waals surface area contributed by atoms with E-state index >= 15 is 0 Å². The highest BCUT2D eigenvalue weighted by Gasteiger charge is 2.34. The third kappa shape index (κ3) is 6.78. The normalized spacial score (nSPS) is 13.2. The Bertz CT molecular complexity index is 1180. The van der Waals surface area contributed by atoms with Gasteiger partial charge in [-0.25, -0.2) is 0 Å². The number of fused-ring (bicyclic) bond motifs is 1. The van der Waals surface area contributed by atoms with Gasteiger partial charge in [-0.15, -0.1) is 0 Å². The van der Waals surface area contributed by atoms with Gasteiger partial charge >= 0.3 is 0 Å². The van der Waals surface area contributed by atoms with Crippen LogP contribution in [0.1, 0.15) is 30.4 Å². The standard InChI is InChI=1S/C27H31Cl2N3O3/c1-35-14-4-12-32(27(34)20-8-9-20)18-26(33)31(17-19-7-10-23(28)24(29)15-19)13-11-21-16-30-25-6-3-2-5-22(21)25/h2-3,5-7,10,15-16,20,30H,4,8-9,11-14,17-18H2,1H3. The van der Waals surface area contributed by atoms with Crippen molar-refractivity contribution in [2.45, 2.75) is 32.2 Å². The number of carbonyl (C=O) groups excluding carboxylic acids is 2. The fraction of sp³-hybridized carbons (Fsp3) is 0.407. The monoisotopic (exact) mass is 515 g/mol. The molecule has 0 spiro atoms. The van der Waals surface area contributed by atoms with E-state index in [1.54, 1.807) is 24.1 Å². The summed E-state index contributed by atoms with van der Waals surface area (Å²) in [5.41, 5.74) is 3.12. The van der Waals surface area contributed by atoms with Crippen LogP contribution in [0.4, 0.5) is 0 Å². The second-order valence-electron chi connectivity index (χ2n) is 9.05. The molecule has 0 bridgehead atoms. The van der Waals surface area contributed by atoms with Crippen molar-refractivity contribution in [1.82, 2.24) is 14.8 Å². The summed E-state index contributed by atoms with van der Waals surface area (Å²) in [6.07, 6.45) is 5.20.